The summed E-state index contributed by atoms with van der Waals surface area (Å²) in [6.07, 6.45) is 1.79. The summed E-state index contributed by atoms with van der Waals surface area (Å²) in [6.45, 7) is 8.21. The van der Waals surface area contributed by atoms with Crippen LogP contribution in [0, 0.1) is 13.8 Å². The summed E-state index contributed by atoms with van der Waals surface area (Å²) in [7, 11) is 0. The van der Waals surface area contributed by atoms with E-state index in [1.54, 1.807) is 6.20 Å². The number of benzene rings is 2. The van der Waals surface area contributed by atoms with Gasteiger partial charge in [-0.25, -0.2) is 4.98 Å². The van der Waals surface area contributed by atoms with Crippen molar-refractivity contribution >= 4 is 44.8 Å². The van der Waals surface area contributed by atoms with Crippen molar-refractivity contribution in [3.8, 4) is 0 Å². The molecule has 26 heavy (non-hydrogen) atoms. The maximum atomic E-state index is 6.41. The Morgan fingerprint density at radius 2 is 1.73 bits per heavy atom. The van der Waals surface area contributed by atoms with E-state index in [9.17, 15) is 0 Å². The van der Waals surface area contributed by atoms with E-state index in [-0.39, 0.29) is 0 Å². The predicted molar refractivity (Wildman–Crippen MR) is 111 cm³/mol. The number of pyridine rings is 2. The lowest BCUT2D eigenvalue weighted by Crippen LogP contribution is -2.02. The molecule has 4 rings (SSSR count). The molecular weight excluding hydrogens is 342 g/mol. The number of aryl methyl sites for hydroxylation is 2. The SMILES string of the molecule is C=C(Nc1c(C)cc(C)cc1Cl)c1ccc2ccc3cccnc3c2n1. The molecule has 3 nitrogen and oxygen atoms in total. The molecular formula is C22H18ClN3. The number of fused-ring (bicyclic) bond motifs is 3. The molecule has 4 aromatic rings. The molecule has 0 radical (unpaired) electrons. The standard InChI is InChI=1S/C22H18ClN3/c1-13-11-14(2)20(18(23)12-13)25-15(3)19-9-8-17-7-6-16-5-4-10-24-21(16)22(17)26-19/h4-12,25H,3H2,1-2H3. The lowest BCUT2D eigenvalue weighted by atomic mass is 10.1. The normalized spacial score (nSPS) is 11.0. The second-order valence-electron chi connectivity index (χ2n) is 6.45. The van der Waals surface area contributed by atoms with Crippen molar-refractivity contribution in [2.24, 2.45) is 0 Å². The largest absolute Gasteiger partial charge is 0.353 e. The summed E-state index contributed by atoms with van der Waals surface area (Å²) < 4.78 is 0. The van der Waals surface area contributed by atoms with Gasteiger partial charge >= 0.3 is 0 Å². The van der Waals surface area contributed by atoms with Gasteiger partial charge in [0.2, 0.25) is 0 Å². The minimum Gasteiger partial charge on any atom is -0.353 e. The summed E-state index contributed by atoms with van der Waals surface area (Å²) in [4.78, 5) is 9.31. The summed E-state index contributed by atoms with van der Waals surface area (Å²) in [5.41, 5.74) is 6.30. The monoisotopic (exact) mass is 359 g/mol. The van der Waals surface area contributed by atoms with Crippen LogP contribution in [-0.2, 0) is 0 Å². The highest BCUT2D eigenvalue weighted by Crippen LogP contribution is 2.30. The van der Waals surface area contributed by atoms with Gasteiger partial charge in [-0.1, -0.05) is 48.5 Å². The van der Waals surface area contributed by atoms with Crippen molar-refractivity contribution in [1.82, 2.24) is 9.97 Å². The van der Waals surface area contributed by atoms with E-state index in [2.05, 4.69) is 35.1 Å². The number of halogens is 1. The van der Waals surface area contributed by atoms with Gasteiger partial charge in [0, 0.05) is 17.0 Å². The molecule has 0 amide bonds. The first-order valence-electron chi connectivity index (χ1n) is 8.40. The van der Waals surface area contributed by atoms with Gasteiger partial charge in [-0.05, 0) is 43.2 Å². The fraction of sp³-hybridized carbons (Fsp3) is 0.0909. The molecule has 2 heterocycles. The van der Waals surface area contributed by atoms with Crippen LogP contribution in [0.25, 0.3) is 27.5 Å². The van der Waals surface area contributed by atoms with Crippen molar-refractivity contribution in [3.05, 3.63) is 83.2 Å². The van der Waals surface area contributed by atoms with Crippen molar-refractivity contribution in [1.29, 1.82) is 0 Å². The molecule has 0 saturated carbocycles. The van der Waals surface area contributed by atoms with E-state index in [0.717, 1.165) is 44.3 Å². The second-order valence-corrected chi connectivity index (χ2v) is 6.86. The quantitative estimate of drug-likeness (QED) is 0.447. The van der Waals surface area contributed by atoms with Crippen molar-refractivity contribution < 1.29 is 0 Å². The van der Waals surface area contributed by atoms with Gasteiger partial charge in [0.05, 0.1) is 33.1 Å². The van der Waals surface area contributed by atoms with Gasteiger partial charge in [-0.2, -0.15) is 0 Å². The summed E-state index contributed by atoms with van der Waals surface area (Å²) >= 11 is 6.41. The van der Waals surface area contributed by atoms with Crippen LogP contribution in [-0.4, -0.2) is 9.97 Å². The number of hydrogen-bond donors (Lipinski definition) is 1. The van der Waals surface area contributed by atoms with Crippen LogP contribution in [0.4, 0.5) is 5.69 Å². The molecule has 0 saturated heterocycles. The van der Waals surface area contributed by atoms with Crippen molar-refractivity contribution in [2.75, 3.05) is 5.32 Å². The van der Waals surface area contributed by atoms with Gasteiger partial charge in [0.1, 0.15) is 0 Å². The zero-order valence-corrected chi connectivity index (χ0v) is 15.4. The highest BCUT2D eigenvalue weighted by atomic mass is 35.5. The van der Waals surface area contributed by atoms with E-state index >= 15 is 0 Å². The number of rotatable bonds is 3. The molecule has 0 atom stereocenters. The first kappa shape index (κ1) is 16.6. The van der Waals surface area contributed by atoms with Crippen LogP contribution in [0.15, 0.2) is 61.3 Å². The first-order valence-corrected chi connectivity index (χ1v) is 8.78. The molecule has 4 heteroatoms. The molecule has 0 fully saturated rings. The third-order valence-electron chi connectivity index (χ3n) is 4.45. The Balaban J connectivity index is 1.77. The fourth-order valence-corrected chi connectivity index (χ4v) is 3.55. The average Bonchev–Trinajstić information content (AvgIpc) is 2.64. The van der Waals surface area contributed by atoms with E-state index in [1.807, 2.05) is 44.2 Å². The highest BCUT2D eigenvalue weighted by Gasteiger charge is 2.10. The third kappa shape index (κ3) is 2.91. The van der Waals surface area contributed by atoms with Crippen LogP contribution < -0.4 is 5.32 Å². The number of aromatic nitrogens is 2. The maximum Gasteiger partial charge on any atom is 0.0972 e. The molecule has 0 aliphatic carbocycles. The zero-order valence-electron chi connectivity index (χ0n) is 14.7. The molecule has 128 valence electrons. The fourth-order valence-electron chi connectivity index (χ4n) is 3.18. The minimum atomic E-state index is 0.677. The lowest BCUT2D eigenvalue weighted by Gasteiger charge is -2.15. The van der Waals surface area contributed by atoms with Gasteiger partial charge in [-0.3, -0.25) is 4.98 Å². The first-order chi connectivity index (χ1) is 12.5. The molecule has 2 aromatic heterocycles. The molecule has 1 N–H and O–H groups in total. The van der Waals surface area contributed by atoms with Crippen LogP contribution in [0.1, 0.15) is 16.8 Å². The molecule has 2 aromatic carbocycles. The molecule has 0 aliphatic rings. The Labute approximate surface area is 157 Å². The molecule has 0 unspecified atom stereocenters. The second kappa shape index (κ2) is 6.43. The smallest absolute Gasteiger partial charge is 0.0972 e. The number of nitrogens with zero attached hydrogens (tertiary/aromatic N) is 2. The predicted octanol–water partition coefficient (Wildman–Crippen LogP) is 6.14. The number of nitrogens with one attached hydrogen (secondary N) is 1. The Morgan fingerprint density at radius 3 is 2.50 bits per heavy atom. The summed E-state index contributed by atoms with van der Waals surface area (Å²) in [6, 6.07) is 16.1. The van der Waals surface area contributed by atoms with Crippen LogP contribution in [0.2, 0.25) is 5.02 Å². The van der Waals surface area contributed by atoms with Crippen LogP contribution in [0.3, 0.4) is 0 Å². The zero-order chi connectivity index (χ0) is 18.3. The average molecular weight is 360 g/mol. The van der Waals surface area contributed by atoms with Gasteiger partial charge in [0.15, 0.2) is 0 Å². The summed E-state index contributed by atoms with van der Waals surface area (Å²) in [5, 5.41) is 6.13. The van der Waals surface area contributed by atoms with Crippen molar-refractivity contribution in [3.63, 3.8) is 0 Å². The van der Waals surface area contributed by atoms with E-state index in [4.69, 9.17) is 16.6 Å². The van der Waals surface area contributed by atoms with Gasteiger partial charge in [0.25, 0.3) is 0 Å². The number of hydrogen-bond acceptors (Lipinski definition) is 3. The molecule has 0 spiro atoms. The van der Waals surface area contributed by atoms with E-state index in [0.29, 0.717) is 10.7 Å². The van der Waals surface area contributed by atoms with E-state index < -0.39 is 0 Å². The topological polar surface area (TPSA) is 37.8 Å². The highest BCUT2D eigenvalue weighted by molar-refractivity contribution is 6.33. The Bertz CT molecular complexity index is 1140. The Kier molecular flexibility index (Phi) is 4.09. The summed E-state index contributed by atoms with van der Waals surface area (Å²) in [5.74, 6) is 0. The van der Waals surface area contributed by atoms with Crippen LogP contribution in [0.5, 0.6) is 0 Å². The minimum absolute atomic E-state index is 0.677. The lowest BCUT2D eigenvalue weighted by molar-refractivity contribution is 1.31. The van der Waals surface area contributed by atoms with Crippen LogP contribution >= 0.6 is 11.6 Å². The Hall–Kier alpha value is -2.91. The number of anilines is 1. The van der Waals surface area contributed by atoms with Crippen molar-refractivity contribution in [2.45, 2.75) is 13.8 Å². The van der Waals surface area contributed by atoms with E-state index in [1.165, 1.54) is 0 Å². The van der Waals surface area contributed by atoms with Gasteiger partial charge < -0.3 is 5.32 Å². The maximum absolute atomic E-state index is 6.41. The van der Waals surface area contributed by atoms with Gasteiger partial charge in [-0.15, -0.1) is 0 Å². The third-order valence-corrected chi connectivity index (χ3v) is 4.75. The Morgan fingerprint density at radius 1 is 1.00 bits per heavy atom. The molecule has 0 aliphatic heterocycles. The molecule has 0 bridgehead atoms.